The number of para-hydroxylation sites is 1. The molecule has 0 bridgehead atoms. The van der Waals surface area contributed by atoms with Crippen LogP contribution in [0.2, 0.25) is 0 Å². The molecule has 10 aromatic rings. The molecule has 0 radical (unpaired) electrons. The van der Waals surface area contributed by atoms with Crippen LogP contribution in [0.1, 0.15) is 0 Å². The van der Waals surface area contributed by atoms with Crippen molar-refractivity contribution in [3.8, 4) is 67.5 Å². The van der Waals surface area contributed by atoms with E-state index in [0.29, 0.717) is 5.82 Å². The number of aryl methyl sites for hydroxylation is 1. The molecule has 0 atom stereocenters. The van der Waals surface area contributed by atoms with Crippen molar-refractivity contribution in [1.82, 2.24) is 19.5 Å². The lowest BCUT2D eigenvalue weighted by atomic mass is 10.00. The maximum Gasteiger partial charge on any atom is 0.160 e. The second-order valence-corrected chi connectivity index (χ2v) is 13.4. The number of hydrogen-bond donors (Lipinski definition) is 0. The van der Waals surface area contributed by atoms with E-state index >= 15 is 0 Å². The molecule has 0 saturated heterocycles. The van der Waals surface area contributed by atoms with Gasteiger partial charge in [0.25, 0.3) is 0 Å². The number of imidazole rings is 1. The van der Waals surface area contributed by atoms with Crippen LogP contribution in [0, 0.1) is 0 Å². The Morgan fingerprint density at radius 3 is 1.64 bits per heavy atom. The van der Waals surface area contributed by atoms with Crippen LogP contribution in [0.3, 0.4) is 0 Å². The van der Waals surface area contributed by atoms with E-state index < -0.39 is 0 Å². The second kappa shape index (κ2) is 12.6. The minimum absolute atomic E-state index is 0.684. The van der Waals surface area contributed by atoms with Gasteiger partial charge in [0, 0.05) is 40.1 Å². The highest BCUT2D eigenvalue weighted by atomic mass is 16.3. The quantitative estimate of drug-likeness (QED) is 0.175. The second-order valence-electron chi connectivity index (χ2n) is 13.4. The molecule has 3 aromatic heterocycles. The first-order valence-corrected chi connectivity index (χ1v) is 17.7. The molecule has 0 aliphatic rings. The minimum atomic E-state index is 0.684. The van der Waals surface area contributed by atoms with Crippen LogP contribution in [-0.2, 0) is 7.05 Å². The van der Waals surface area contributed by atoms with Crippen LogP contribution in [0.15, 0.2) is 180 Å². The molecule has 0 spiro atoms. The van der Waals surface area contributed by atoms with Gasteiger partial charge in [-0.05, 0) is 58.7 Å². The largest absolute Gasteiger partial charge is 0.456 e. The van der Waals surface area contributed by atoms with Gasteiger partial charge >= 0.3 is 0 Å². The Bertz CT molecular complexity index is 2930. The van der Waals surface area contributed by atoms with E-state index in [1.807, 2.05) is 48.5 Å². The first-order chi connectivity index (χ1) is 26.1. The van der Waals surface area contributed by atoms with Crippen LogP contribution >= 0.6 is 0 Å². The third-order valence-electron chi connectivity index (χ3n) is 10.1. The molecule has 7 aromatic carbocycles. The van der Waals surface area contributed by atoms with Crippen LogP contribution in [0.5, 0.6) is 0 Å². The van der Waals surface area contributed by atoms with Gasteiger partial charge in [-0.1, -0.05) is 140 Å². The molecule has 0 saturated carbocycles. The fourth-order valence-corrected chi connectivity index (χ4v) is 7.25. The van der Waals surface area contributed by atoms with Crippen LogP contribution < -0.4 is 0 Å². The van der Waals surface area contributed by atoms with Gasteiger partial charge in [-0.25, -0.2) is 15.0 Å². The molecular weight excluding hydrogens is 649 g/mol. The third kappa shape index (κ3) is 5.56. The van der Waals surface area contributed by atoms with Crippen molar-refractivity contribution >= 4 is 33.0 Å². The summed E-state index contributed by atoms with van der Waals surface area (Å²) in [7, 11) is 2.08. The zero-order valence-corrected chi connectivity index (χ0v) is 28.9. The molecule has 3 heterocycles. The molecule has 5 heteroatoms. The molecule has 0 fully saturated rings. The predicted octanol–water partition coefficient (Wildman–Crippen LogP) is 12.3. The molecule has 10 rings (SSSR count). The Labute approximate surface area is 306 Å². The summed E-state index contributed by atoms with van der Waals surface area (Å²) in [5, 5.41) is 2.25. The molecule has 0 unspecified atom stereocenters. The Morgan fingerprint density at radius 1 is 0.396 bits per heavy atom. The number of aromatic nitrogens is 4. The number of rotatable bonds is 6. The van der Waals surface area contributed by atoms with E-state index in [0.717, 1.165) is 94.7 Å². The minimum Gasteiger partial charge on any atom is -0.456 e. The zero-order chi connectivity index (χ0) is 35.3. The van der Waals surface area contributed by atoms with Crippen LogP contribution in [0.4, 0.5) is 0 Å². The summed E-state index contributed by atoms with van der Waals surface area (Å²) < 4.78 is 8.23. The standard InChI is InChI=1S/C48H32N4O/c1-52-44-29-38(24-26-41(44)51-48(52)36-12-6-3-7-13-36)32-18-22-35(23-19-32)47-49-42(33-10-4-2-5-11-33)30-43(50-47)34-20-16-31(17-21-34)37-25-27-46-40(28-37)39-14-8-9-15-45(39)53-46/h2-30H,1H3. The fraction of sp³-hybridized carbons (Fsp3) is 0.0208. The summed E-state index contributed by atoms with van der Waals surface area (Å²) in [5.41, 5.74) is 14.3. The summed E-state index contributed by atoms with van der Waals surface area (Å²) >= 11 is 0. The Balaban J connectivity index is 0.989. The highest BCUT2D eigenvalue weighted by Gasteiger charge is 2.14. The van der Waals surface area contributed by atoms with Gasteiger partial charge < -0.3 is 8.98 Å². The first kappa shape index (κ1) is 30.7. The topological polar surface area (TPSA) is 56.7 Å². The van der Waals surface area contributed by atoms with Crippen molar-refractivity contribution < 1.29 is 4.42 Å². The molecule has 0 N–H and O–H groups in total. The lowest BCUT2D eigenvalue weighted by Gasteiger charge is -2.11. The maximum absolute atomic E-state index is 6.06. The first-order valence-electron chi connectivity index (χ1n) is 17.7. The zero-order valence-electron chi connectivity index (χ0n) is 28.9. The number of fused-ring (bicyclic) bond motifs is 4. The lowest BCUT2D eigenvalue weighted by molar-refractivity contribution is 0.669. The summed E-state index contributed by atoms with van der Waals surface area (Å²) in [6.45, 7) is 0. The van der Waals surface area contributed by atoms with Gasteiger partial charge in [-0.2, -0.15) is 0 Å². The molecule has 53 heavy (non-hydrogen) atoms. The number of furan rings is 1. The number of benzene rings is 7. The van der Waals surface area contributed by atoms with Crippen molar-refractivity contribution in [2.45, 2.75) is 0 Å². The van der Waals surface area contributed by atoms with Crippen molar-refractivity contribution in [2.24, 2.45) is 7.05 Å². The van der Waals surface area contributed by atoms with Crippen LogP contribution in [-0.4, -0.2) is 19.5 Å². The van der Waals surface area contributed by atoms with Gasteiger partial charge in [0.1, 0.15) is 17.0 Å². The lowest BCUT2D eigenvalue weighted by Crippen LogP contribution is -1.96. The van der Waals surface area contributed by atoms with Gasteiger partial charge in [0.2, 0.25) is 0 Å². The van der Waals surface area contributed by atoms with Gasteiger partial charge in [0.05, 0.1) is 22.4 Å². The maximum atomic E-state index is 6.06. The summed E-state index contributed by atoms with van der Waals surface area (Å²) in [6, 6.07) is 60.9. The van der Waals surface area contributed by atoms with Gasteiger partial charge in [-0.3, -0.25) is 0 Å². The number of nitrogens with zero attached hydrogens (tertiary/aromatic N) is 4. The predicted molar refractivity (Wildman–Crippen MR) is 216 cm³/mol. The molecule has 5 nitrogen and oxygen atoms in total. The highest BCUT2D eigenvalue weighted by Crippen LogP contribution is 2.35. The van der Waals surface area contributed by atoms with E-state index in [-0.39, 0.29) is 0 Å². The summed E-state index contributed by atoms with van der Waals surface area (Å²) in [4.78, 5) is 15.1. The fourth-order valence-electron chi connectivity index (χ4n) is 7.25. The Morgan fingerprint density at radius 2 is 0.925 bits per heavy atom. The molecular formula is C48H32N4O. The van der Waals surface area contributed by atoms with Crippen molar-refractivity contribution in [1.29, 1.82) is 0 Å². The Kier molecular flexibility index (Phi) is 7.29. The Hall–Kier alpha value is -7.11. The normalized spacial score (nSPS) is 11.5. The smallest absolute Gasteiger partial charge is 0.160 e. The highest BCUT2D eigenvalue weighted by molar-refractivity contribution is 6.06. The SMILES string of the molecule is Cn1c(-c2ccccc2)nc2ccc(-c3ccc(-c4nc(-c5ccccc5)cc(-c5ccc(-c6ccc7oc8ccccc8c7c6)cc5)n4)cc3)cc21. The average molecular weight is 681 g/mol. The van der Waals surface area contributed by atoms with Crippen molar-refractivity contribution in [3.05, 3.63) is 176 Å². The van der Waals surface area contributed by atoms with E-state index in [1.54, 1.807) is 0 Å². The van der Waals surface area contributed by atoms with Crippen LogP contribution in [0.25, 0.3) is 101 Å². The molecule has 250 valence electrons. The number of hydrogen-bond acceptors (Lipinski definition) is 4. The van der Waals surface area contributed by atoms with E-state index in [4.69, 9.17) is 19.4 Å². The van der Waals surface area contributed by atoms with Gasteiger partial charge in [-0.15, -0.1) is 0 Å². The van der Waals surface area contributed by atoms with Crippen molar-refractivity contribution in [3.63, 3.8) is 0 Å². The summed E-state index contributed by atoms with van der Waals surface area (Å²) in [6.07, 6.45) is 0. The van der Waals surface area contributed by atoms with E-state index in [1.165, 1.54) is 0 Å². The molecule has 0 aliphatic heterocycles. The van der Waals surface area contributed by atoms with E-state index in [2.05, 4.69) is 139 Å². The molecule has 0 amide bonds. The third-order valence-corrected chi connectivity index (χ3v) is 10.1. The monoisotopic (exact) mass is 680 g/mol. The van der Waals surface area contributed by atoms with Gasteiger partial charge in [0.15, 0.2) is 5.82 Å². The van der Waals surface area contributed by atoms with E-state index in [9.17, 15) is 0 Å². The molecule has 0 aliphatic carbocycles. The summed E-state index contributed by atoms with van der Waals surface area (Å²) in [5.74, 6) is 1.64. The average Bonchev–Trinajstić information content (AvgIpc) is 3.78. The van der Waals surface area contributed by atoms with Crippen molar-refractivity contribution in [2.75, 3.05) is 0 Å².